The van der Waals surface area contributed by atoms with Gasteiger partial charge in [0.2, 0.25) is 0 Å². The summed E-state index contributed by atoms with van der Waals surface area (Å²) in [6.07, 6.45) is 0.785. The van der Waals surface area contributed by atoms with Crippen molar-refractivity contribution in [2.75, 3.05) is 6.61 Å². The summed E-state index contributed by atoms with van der Waals surface area (Å²) in [4.78, 5) is -0.442. The third-order valence-corrected chi connectivity index (χ3v) is 4.81. The average Bonchev–Trinajstić information content (AvgIpc) is 2.89. The lowest BCUT2D eigenvalue weighted by molar-refractivity contribution is 0.354. The van der Waals surface area contributed by atoms with E-state index in [-0.39, 0.29) is 0 Å². The highest BCUT2D eigenvalue weighted by Crippen LogP contribution is 2.43. The maximum Gasteiger partial charge on any atom is 0.130 e. The van der Waals surface area contributed by atoms with Crippen molar-refractivity contribution >= 4 is 27.5 Å². The van der Waals surface area contributed by atoms with Gasteiger partial charge in [0.15, 0.2) is 0 Å². The van der Waals surface area contributed by atoms with E-state index >= 15 is 0 Å². The predicted molar refractivity (Wildman–Crippen MR) is 82.5 cm³/mol. The molecule has 0 radical (unpaired) electrons. The smallest absolute Gasteiger partial charge is 0.130 e. The number of rotatable bonds is 2. The molecule has 0 spiro atoms. The van der Waals surface area contributed by atoms with E-state index in [0.29, 0.717) is 22.8 Å². The third kappa shape index (κ3) is 2.67. The molecule has 0 aliphatic carbocycles. The highest BCUT2D eigenvalue weighted by atomic mass is 79.9. The number of aryl methyl sites for hydroxylation is 1. The lowest BCUT2D eigenvalue weighted by Gasteiger charge is -2.16. The van der Waals surface area contributed by atoms with Gasteiger partial charge in [0, 0.05) is 28.6 Å². The Bertz CT molecular complexity index is 718. The molecule has 0 fully saturated rings. The van der Waals surface area contributed by atoms with Crippen LogP contribution in [0.2, 0.25) is 5.02 Å². The first kappa shape index (κ1) is 14.8. The molecule has 1 aliphatic heterocycles. The molecule has 0 bridgehead atoms. The molecule has 0 saturated carbocycles. The predicted octanol–water partition coefficient (Wildman–Crippen LogP) is 5.35. The van der Waals surface area contributed by atoms with Gasteiger partial charge in [0.25, 0.3) is 0 Å². The molecule has 3 rings (SSSR count). The lowest BCUT2D eigenvalue weighted by atomic mass is 9.99. The van der Waals surface area contributed by atoms with Crippen molar-refractivity contribution < 1.29 is 13.5 Å². The fourth-order valence-corrected chi connectivity index (χ4v) is 3.47. The molecule has 1 aliphatic rings. The maximum absolute atomic E-state index is 14.1. The first-order valence-corrected chi connectivity index (χ1v) is 7.81. The highest BCUT2D eigenvalue weighted by Gasteiger charge is 2.25. The molecule has 1 heterocycles. The largest absolute Gasteiger partial charge is 0.493 e. The number of fused-ring (bicyclic) bond motifs is 1. The summed E-state index contributed by atoms with van der Waals surface area (Å²) >= 11 is 9.62. The van der Waals surface area contributed by atoms with Gasteiger partial charge in [-0.05, 0) is 36.2 Å². The standard InChI is InChI=1S/C16H12BrClF2O/c1-8-4-11(14(20)7-13(8)19)15(17)12-6-10(18)5-9-2-3-21-16(9)12/h4-7,15H,2-3H2,1H3. The highest BCUT2D eigenvalue weighted by molar-refractivity contribution is 9.09. The van der Waals surface area contributed by atoms with Crippen molar-refractivity contribution in [1.82, 2.24) is 0 Å². The molecule has 0 amide bonds. The van der Waals surface area contributed by atoms with Gasteiger partial charge in [-0.15, -0.1) is 0 Å². The lowest BCUT2D eigenvalue weighted by Crippen LogP contribution is -2.01. The van der Waals surface area contributed by atoms with Crippen LogP contribution in [0.5, 0.6) is 5.75 Å². The van der Waals surface area contributed by atoms with Crippen LogP contribution in [0.15, 0.2) is 24.3 Å². The number of benzene rings is 2. The van der Waals surface area contributed by atoms with E-state index in [2.05, 4.69) is 15.9 Å². The second-order valence-electron chi connectivity index (χ2n) is 5.07. The van der Waals surface area contributed by atoms with Crippen LogP contribution >= 0.6 is 27.5 Å². The maximum atomic E-state index is 14.1. The van der Waals surface area contributed by atoms with Gasteiger partial charge < -0.3 is 4.74 Å². The molecule has 1 unspecified atom stereocenters. The van der Waals surface area contributed by atoms with Crippen molar-refractivity contribution in [3.05, 3.63) is 63.2 Å². The number of alkyl halides is 1. The summed E-state index contributed by atoms with van der Waals surface area (Å²) in [6.45, 7) is 2.20. The van der Waals surface area contributed by atoms with E-state index in [1.807, 2.05) is 6.07 Å². The fourth-order valence-electron chi connectivity index (χ4n) is 2.53. The average molecular weight is 374 g/mol. The van der Waals surface area contributed by atoms with Crippen molar-refractivity contribution in [1.29, 1.82) is 0 Å². The van der Waals surface area contributed by atoms with Crippen LogP contribution in [0, 0.1) is 18.6 Å². The Morgan fingerprint density at radius 3 is 2.67 bits per heavy atom. The van der Waals surface area contributed by atoms with Crippen molar-refractivity contribution in [2.45, 2.75) is 18.2 Å². The van der Waals surface area contributed by atoms with Crippen LogP contribution in [-0.4, -0.2) is 6.61 Å². The van der Waals surface area contributed by atoms with Gasteiger partial charge in [-0.25, -0.2) is 8.78 Å². The van der Waals surface area contributed by atoms with Crippen molar-refractivity contribution in [3.63, 3.8) is 0 Å². The van der Waals surface area contributed by atoms with E-state index in [1.165, 1.54) is 6.07 Å². The zero-order valence-corrected chi connectivity index (χ0v) is 13.6. The van der Waals surface area contributed by atoms with Crippen LogP contribution in [-0.2, 0) is 6.42 Å². The zero-order valence-electron chi connectivity index (χ0n) is 11.2. The van der Waals surface area contributed by atoms with Crippen LogP contribution in [0.4, 0.5) is 8.78 Å². The minimum absolute atomic E-state index is 0.369. The van der Waals surface area contributed by atoms with Gasteiger partial charge in [-0.1, -0.05) is 27.5 Å². The Morgan fingerprint density at radius 1 is 1.14 bits per heavy atom. The minimum atomic E-state index is -0.591. The molecule has 0 saturated heterocycles. The van der Waals surface area contributed by atoms with Crippen LogP contribution < -0.4 is 4.74 Å². The number of hydrogen-bond acceptors (Lipinski definition) is 1. The minimum Gasteiger partial charge on any atom is -0.493 e. The summed E-state index contributed by atoms with van der Waals surface area (Å²) in [6, 6.07) is 6.03. The molecule has 2 aromatic carbocycles. The summed E-state index contributed by atoms with van der Waals surface area (Å²) in [5, 5.41) is 0.581. The molecule has 5 heteroatoms. The molecule has 1 nitrogen and oxygen atoms in total. The number of halogens is 4. The Labute approximate surface area is 135 Å². The Morgan fingerprint density at radius 2 is 1.90 bits per heavy atom. The topological polar surface area (TPSA) is 9.23 Å². The Balaban J connectivity index is 2.11. The summed E-state index contributed by atoms with van der Waals surface area (Å²) in [5.74, 6) is -0.405. The molecule has 1 atom stereocenters. The number of hydrogen-bond donors (Lipinski definition) is 0. The Hall–Kier alpha value is -1.13. The molecule has 0 aromatic heterocycles. The fraction of sp³-hybridized carbons (Fsp3) is 0.250. The summed E-state index contributed by atoms with van der Waals surface area (Å²) in [7, 11) is 0. The summed E-state index contributed by atoms with van der Waals surface area (Å²) in [5.41, 5.74) is 2.55. The third-order valence-electron chi connectivity index (χ3n) is 3.60. The van der Waals surface area contributed by atoms with Gasteiger partial charge in [-0.3, -0.25) is 0 Å². The van der Waals surface area contributed by atoms with E-state index in [9.17, 15) is 8.78 Å². The normalized spacial score (nSPS) is 14.7. The Kier molecular flexibility index (Phi) is 3.93. The molecule has 0 N–H and O–H groups in total. The van der Waals surface area contributed by atoms with E-state index < -0.39 is 16.5 Å². The van der Waals surface area contributed by atoms with Gasteiger partial charge >= 0.3 is 0 Å². The van der Waals surface area contributed by atoms with E-state index in [4.69, 9.17) is 16.3 Å². The van der Waals surface area contributed by atoms with Gasteiger partial charge in [0.05, 0.1) is 11.4 Å². The monoisotopic (exact) mass is 372 g/mol. The second-order valence-corrected chi connectivity index (χ2v) is 6.42. The van der Waals surface area contributed by atoms with Gasteiger partial charge in [0.1, 0.15) is 17.4 Å². The van der Waals surface area contributed by atoms with Crippen molar-refractivity contribution in [3.8, 4) is 5.75 Å². The first-order chi connectivity index (χ1) is 9.97. The molecular weight excluding hydrogens is 362 g/mol. The summed E-state index contributed by atoms with van der Waals surface area (Å²) < 4.78 is 33.1. The molecular formula is C16H12BrClF2O. The second kappa shape index (κ2) is 5.58. The number of ether oxygens (including phenoxy) is 1. The van der Waals surface area contributed by atoms with Crippen LogP contribution in [0.3, 0.4) is 0 Å². The molecule has 110 valence electrons. The SMILES string of the molecule is Cc1cc(C(Br)c2cc(Cl)cc3c2OCC3)c(F)cc1F. The van der Waals surface area contributed by atoms with Gasteiger partial charge in [-0.2, -0.15) is 0 Å². The van der Waals surface area contributed by atoms with Crippen LogP contribution in [0.25, 0.3) is 0 Å². The molecule has 2 aromatic rings. The van der Waals surface area contributed by atoms with Crippen molar-refractivity contribution in [2.24, 2.45) is 0 Å². The first-order valence-electron chi connectivity index (χ1n) is 6.52. The van der Waals surface area contributed by atoms with E-state index in [0.717, 1.165) is 29.4 Å². The van der Waals surface area contributed by atoms with Crippen LogP contribution in [0.1, 0.15) is 27.1 Å². The van der Waals surface area contributed by atoms with E-state index in [1.54, 1.807) is 13.0 Å². The molecule has 21 heavy (non-hydrogen) atoms. The zero-order chi connectivity index (χ0) is 15.1. The quantitative estimate of drug-likeness (QED) is 0.645.